The van der Waals surface area contributed by atoms with E-state index in [0.717, 1.165) is 32.2 Å². The number of amides is 1. The molecule has 2 heterocycles. The molecule has 0 aliphatic carbocycles. The molecule has 0 N–H and O–H groups in total. The van der Waals surface area contributed by atoms with Crippen LogP contribution < -0.4 is 0 Å². The summed E-state index contributed by atoms with van der Waals surface area (Å²) < 4.78 is 0. The molecule has 1 atom stereocenters. The molecule has 0 aromatic heterocycles. The fraction of sp³-hybridized carbons (Fsp3) is 0.900. The van der Waals surface area contributed by atoms with Gasteiger partial charge < -0.3 is 4.90 Å². The zero-order valence-corrected chi connectivity index (χ0v) is 9.55. The van der Waals surface area contributed by atoms with Crippen molar-refractivity contribution in [1.82, 2.24) is 9.80 Å². The van der Waals surface area contributed by atoms with Gasteiger partial charge in [0.25, 0.3) is 0 Å². The Bertz CT molecular complexity index is 208. The van der Waals surface area contributed by atoms with E-state index in [1.165, 1.54) is 17.9 Å². The van der Waals surface area contributed by atoms with Gasteiger partial charge in [0.15, 0.2) is 0 Å². The summed E-state index contributed by atoms with van der Waals surface area (Å²) in [6, 6.07) is 0.786. The largest absolute Gasteiger partial charge is 0.340 e. The summed E-state index contributed by atoms with van der Waals surface area (Å²) in [6.45, 7) is 5.67. The Morgan fingerprint density at radius 1 is 1.29 bits per heavy atom. The lowest BCUT2D eigenvalue weighted by Crippen LogP contribution is -2.51. The Labute approximate surface area is 89.8 Å². The Morgan fingerprint density at radius 2 is 2.00 bits per heavy atom. The third-order valence-corrected chi connectivity index (χ3v) is 4.33. The minimum atomic E-state index is 0.227. The highest BCUT2D eigenvalue weighted by Crippen LogP contribution is 2.23. The van der Waals surface area contributed by atoms with Crippen molar-refractivity contribution in [3.05, 3.63) is 0 Å². The molecule has 1 amide bonds. The Hall–Kier alpha value is -0.220. The van der Waals surface area contributed by atoms with Crippen molar-refractivity contribution in [2.75, 3.05) is 37.7 Å². The van der Waals surface area contributed by atoms with Crippen LogP contribution in [0.3, 0.4) is 0 Å². The zero-order chi connectivity index (χ0) is 9.97. The highest BCUT2D eigenvalue weighted by Gasteiger charge is 2.26. The van der Waals surface area contributed by atoms with Gasteiger partial charge in [-0.15, -0.1) is 0 Å². The molecule has 14 heavy (non-hydrogen) atoms. The Kier molecular flexibility index (Phi) is 3.34. The molecule has 0 spiro atoms. The third-order valence-electron chi connectivity index (χ3n) is 3.18. The Morgan fingerprint density at radius 3 is 2.50 bits per heavy atom. The second-order valence-electron chi connectivity index (χ2n) is 4.06. The number of carbonyl (C=O) groups is 1. The average molecular weight is 214 g/mol. The molecule has 0 saturated carbocycles. The Balaban J connectivity index is 1.80. The lowest BCUT2D eigenvalue weighted by Gasteiger charge is -2.37. The number of piperazine rings is 1. The van der Waals surface area contributed by atoms with Gasteiger partial charge in [-0.3, -0.25) is 9.69 Å². The minimum Gasteiger partial charge on any atom is -0.340 e. The van der Waals surface area contributed by atoms with E-state index in [4.69, 9.17) is 0 Å². The van der Waals surface area contributed by atoms with Gasteiger partial charge in [-0.05, 0) is 12.2 Å². The van der Waals surface area contributed by atoms with Gasteiger partial charge in [0.1, 0.15) is 0 Å². The molecule has 2 rings (SSSR count). The third kappa shape index (κ3) is 2.23. The maximum absolute atomic E-state index is 11.1. The maximum atomic E-state index is 11.1. The van der Waals surface area contributed by atoms with E-state index in [1.54, 1.807) is 6.92 Å². The van der Waals surface area contributed by atoms with Gasteiger partial charge in [-0.25, -0.2) is 0 Å². The molecule has 0 radical (unpaired) electrons. The van der Waals surface area contributed by atoms with Crippen LogP contribution in [0.15, 0.2) is 0 Å². The smallest absolute Gasteiger partial charge is 0.219 e. The van der Waals surface area contributed by atoms with Crippen LogP contribution in [0.1, 0.15) is 13.3 Å². The monoisotopic (exact) mass is 214 g/mol. The highest BCUT2D eigenvalue weighted by atomic mass is 32.2. The highest BCUT2D eigenvalue weighted by molar-refractivity contribution is 7.99. The number of nitrogens with zero attached hydrogens (tertiary/aromatic N) is 2. The first-order valence-electron chi connectivity index (χ1n) is 5.34. The molecule has 1 unspecified atom stereocenters. The number of carbonyl (C=O) groups excluding carboxylic acids is 1. The SMILES string of the molecule is CC(=O)N1CCN(C2CCSC2)CC1. The van der Waals surface area contributed by atoms with Crippen LogP contribution >= 0.6 is 11.8 Å². The van der Waals surface area contributed by atoms with Gasteiger partial charge in [0, 0.05) is 44.9 Å². The molecule has 2 aliphatic rings. The predicted molar refractivity (Wildman–Crippen MR) is 59.6 cm³/mol. The van der Waals surface area contributed by atoms with Crippen LogP contribution in [0, 0.1) is 0 Å². The number of rotatable bonds is 1. The van der Waals surface area contributed by atoms with Crippen LogP contribution in [-0.4, -0.2) is 59.4 Å². The van der Waals surface area contributed by atoms with Crippen molar-refractivity contribution >= 4 is 17.7 Å². The first kappa shape index (κ1) is 10.3. The average Bonchev–Trinajstić information content (AvgIpc) is 2.71. The summed E-state index contributed by atoms with van der Waals surface area (Å²) in [5.74, 6) is 2.84. The van der Waals surface area contributed by atoms with E-state index < -0.39 is 0 Å². The van der Waals surface area contributed by atoms with Gasteiger partial charge in [0.2, 0.25) is 5.91 Å². The van der Waals surface area contributed by atoms with Crippen molar-refractivity contribution in [3.63, 3.8) is 0 Å². The van der Waals surface area contributed by atoms with E-state index >= 15 is 0 Å². The molecule has 2 saturated heterocycles. The number of thioether (sulfide) groups is 1. The van der Waals surface area contributed by atoms with Gasteiger partial charge in [0.05, 0.1) is 0 Å². The molecule has 2 aliphatic heterocycles. The van der Waals surface area contributed by atoms with Crippen LogP contribution in [0.2, 0.25) is 0 Å². The van der Waals surface area contributed by atoms with Crippen molar-refractivity contribution in [2.45, 2.75) is 19.4 Å². The van der Waals surface area contributed by atoms with Crippen LogP contribution in [0.4, 0.5) is 0 Å². The summed E-state index contributed by atoms with van der Waals surface area (Å²) in [6.07, 6.45) is 1.34. The molecule has 2 fully saturated rings. The van der Waals surface area contributed by atoms with Crippen LogP contribution in [-0.2, 0) is 4.79 Å². The summed E-state index contributed by atoms with van der Waals surface area (Å²) in [7, 11) is 0. The predicted octanol–water partition coefficient (Wildman–Crippen LogP) is 0.656. The molecule has 80 valence electrons. The van der Waals surface area contributed by atoms with E-state index in [2.05, 4.69) is 16.7 Å². The van der Waals surface area contributed by atoms with E-state index in [0.29, 0.717) is 0 Å². The number of hydrogen-bond acceptors (Lipinski definition) is 3. The van der Waals surface area contributed by atoms with Gasteiger partial charge >= 0.3 is 0 Å². The second-order valence-corrected chi connectivity index (χ2v) is 5.21. The first-order chi connectivity index (χ1) is 6.77. The summed E-state index contributed by atoms with van der Waals surface area (Å²) in [4.78, 5) is 15.6. The lowest BCUT2D eigenvalue weighted by atomic mass is 10.2. The summed E-state index contributed by atoms with van der Waals surface area (Å²) >= 11 is 2.06. The lowest BCUT2D eigenvalue weighted by molar-refractivity contribution is -0.130. The molecule has 3 nitrogen and oxygen atoms in total. The van der Waals surface area contributed by atoms with Gasteiger partial charge in [-0.1, -0.05) is 0 Å². The van der Waals surface area contributed by atoms with Gasteiger partial charge in [-0.2, -0.15) is 11.8 Å². The summed E-state index contributed by atoms with van der Waals surface area (Å²) in [5.41, 5.74) is 0. The van der Waals surface area contributed by atoms with Crippen molar-refractivity contribution in [3.8, 4) is 0 Å². The topological polar surface area (TPSA) is 23.6 Å². The minimum absolute atomic E-state index is 0.227. The first-order valence-corrected chi connectivity index (χ1v) is 6.50. The molecule has 4 heteroatoms. The van der Waals surface area contributed by atoms with E-state index in [1.807, 2.05) is 4.90 Å². The van der Waals surface area contributed by atoms with Crippen molar-refractivity contribution < 1.29 is 4.79 Å². The quantitative estimate of drug-likeness (QED) is 0.640. The maximum Gasteiger partial charge on any atom is 0.219 e. The molecule has 0 aromatic rings. The summed E-state index contributed by atoms with van der Waals surface area (Å²) in [5, 5.41) is 0. The molecular weight excluding hydrogens is 196 g/mol. The second kappa shape index (κ2) is 4.53. The molecule has 0 aromatic carbocycles. The molecule has 0 bridgehead atoms. The fourth-order valence-electron chi connectivity index (χ4n) is 2.21. The van der Waals surface area contributed by atoms with E-state index in [9.17, 15) is 4.79 Å². The normalized spacial score (nSPS) is 29.5. The van der Waals surface area contributed by atoms with Crippen molar-refractivity contribution in [2.24, 2.45) is 0 Å². The fourth-order valence-corrected chi connectivity index (χ4v) is 3.47. The van der Waals surface area contributed by atoms with Crippen molar-refractivity contribution in [1.29, 1.82) is 0 Å². The number of hydrogen-bond donors (Lipinski definition) is 0. The van der Waals surface area contributed by atoms with Crippen LogP contribution in [0.5, 0.6) is 0 Å². The van der Waals surface area contributed by atoms with E-state index in [-0.39, 0.29) is 5.91 Å². The standard InChI is InChI=1S/C10H18N2OS/c1-9(13)11-3-5-12(6-4-11)10-2-7-14-8-10/h10H,2-8H2,1H3. The van der Waals surface area contributed by atoms with Crippen LogP contribution in [0.25, 0.3) is 0 Å². The molecular formula is C10H18N2OS. The zero-order valence-electron chi connectivity index (χ0n) is 8.74.